The van der Waals surface area contributed by atoms with Crippen LogP contribution in [0.5, 0.6) is 0 Å². The number of nitrogens with zero attached hydrogens (tertiary/aromatic N) is 3. The zero-order valence-electron chi connectivity index (χ0n) is 20.3. The van der Waals surface area contributed by atoms with Crippen molar-refractivity contribution >= 4 is 17.6 Å². The van der Waals surface area contributed by atoms with Gasteiger partial charge < -0.3 is 19.7 Å². The smallest absolute Gasteiger partial charge is 0.322 e. The van der Waals surface area contributed by atoms with E-state index >= 15 is 0 Å². The van der Waals surface area contributed by atoms with Crippen LogP contribution >= 0.6 is 0 Å². The van der Waals surface area contributed by atoms with E-state index in [1.165, 1.54) is 5.56 Å². The van der Waals surface area contributed by atoms with E-state index in [4.69, 9.17) is 0 Å². The molecule has 0 aliphatic carbocycles. The molecule has 1 aliphatic rings. The molecule has 0 bridgehead atoms. The van der Waals surface area contributed by atoms with Gasteiger partial charge in [-0.15, -0.1) is 0 Å². The number of nitrogens with one attached hydrogen (secondary N) is 1. The molecule has 1 atom stereocenters. The van der Waals surface area contributed by atoms with E-state index in [-0.39, 0.29) is 24.5 Å². The lowest BCUT2D eigenvalue weighted by atomic mass is 9.98. The summed E-state index contributed by atoms with van der Waals surface area (Å²) < 4.78 is 2.21. The maximum atomic E-state index is 13.6. The largest absolute Gasteiger partial charge is 0.348 e. The topological polar surface area (TPSA) is 57.6 Å². The van der Waals surface area contributed by atoms with Crippen LogP contribution in [0.1, 0.15) is 48.7 Å². The Morgan fingerprint density at radius 1 is 1.03 bits per heavy atom. The highest BCUT2D eigenvalue weighted by atomic mass is 16.2. The first-order chi connectivity index (χ1) is 16.5. The Hall–Kier alpha value is -3.54. The molecule has 0 saturated carbocycles. The van der Waals surface area contributed by atoms with Crippen molar-refractivity contribution in [2.24, 2.45) is 0 Å². The molecular weight excluding hydrogens is 424 g/mol. The first-order valence-corrected chi connectivity index (χ1v) is 12.2. The molecule has 1 aromatic heterocycles. The summed E-state index contributed by atoms with van der Waals surface area (Å²) in [6.45, 7) is 8.10. The zero-order valence-corrected chi connectivity index (χ0v) is 20.3. The highest BCUT2D eigenvalue weighted by molar-refractivity contribution is 5.92. The molecule has 1 unspecified atom stereocenters. The fraction of sp³-hybridized carbons (Fsp3) is 0.357. The molecule has 3 aromatic rings. The molecule has 2 aromatic carbocycles. The number of benzene rings is 2. The van der Waals surface area contributed by atoms with Gasteiger partial charge in [0.2, 0.25) is 5.91 Å². The number of amides is 3. The summed E-state index contributed by atoms with van der Waals surface area (Å²) >= 11 is 0. The Balaban J connectivity index is 1.54. The minimum absolute atomic E-state index is 0.0380. The Morgan fingerprint density at radius 2 is 1.82 bits per heavy atom. The number of hydrogen-bond donors (Lipinski definition) is 1. The van der Waals surface area contributed by atoms with Crippen molar-refractivity contribution in [3.63, 3.8) is 0 Å². The summed E-state index contributed by atoms with van der Waals surface area (Å²) in [7, 11) is 0. The van der Waals surface area contributed by atoms with E-state index in [9.17, 15) is 9.59 Å². The lowest BCUT2D eigenvalue weighted by molar-refractivity contribution is -0.134. The third kappa shape index (κ3) is 5.16. The van der Waals surface area contributed by atoms with Gasteiger partial charge in [0.25, 0.3) is 0 Å². The van der Waals surface area contributed by atoms with E-state index in [0.29, 0.717) is 13.1 Å². The Kier molecular flexibility index (Phi) is 7.36. The molecule has 1 N–H and O–H groups in total. The van der Waals surface area contributed by atoms with Gasteiger partial charge in [-0.05, 0) is 55.2 Å². The monoisotopic (exact) mass is 458 g/mol. The molecule has 0 fully saturated rings. The van der Waals surface area contributed by atoms with Crippen LogP contribution in [0.25, 0.3) is 0 Å². The number of carbonyl (C=O) groups is 2. The lowest BCUT2D eigenvalue weighted by Gasteiger charge is -2.38. The normalized spacial score (nSPS) is 15.0. The third-order valence-electron chi connectivity index (χ3n) is 6.45. The molecule has 178 valence electrons. The SMILES string of the molecule is CCCN(CC(=O)N1CCn2cccc2C1c1ccc(C)cc1)C(=O)Nc1cccc(CC)c1. The predicted octanol–water partition coefficient (Wildman–Crippen LogP) is 5.23. The van der Waals surface area contributed by atoms with Crippen molar-refractivity contribution in [3.05, 3.63) is 89.2 Å². The molecule has 34 heavy (non-hydrogen) atoms. The number of carbonyl (C=O) groups excluding carboxylic acids is 2. The number of anilines is 1. The molecule has 4 rings (SSSR count). The number of fused-ring (bicyclic) bond motifs is 1. The highest BCUT2D eigenvalue weighted by Gasteiger charge is 2.33. The van der Waals surface area contributed by atoms with Gasteiger partial charge in [0.05, 0.1) is 6.04 Å². The van der Waals surface area contributed by atoms with E-state index in [1.54, 1.807) is 4.90 Å². The third-order valence-corrected chi connectivity index (χ3v) is 6.45. The van der Waals surface area contributed by atoms with E-state index in [1.807, 2.05) is 42.2 Å². The molecule has 3 amide bonds. The second kappa shape index (κ2) is 10.6. The van der Waals surface area contributed by atoms with Crippen molar-refractivity contribution in [1.82, 2.24) is 14.4 Å². The highest BCUT2D eigenvalue weighted by Crippen LogP contribution is 2.32. The molecule has 0 saturated heterocycles. The van der Waals surface area contributed by atoms with Gasteiger partial charge in [-0.25, -0.2) is 4.79 Å². The van der Waals surface area contributed by atoms with Gasteiger partial charge in [0.1, 0.15) is 6.54 Å². The average molecular weight is 459 g/mol. The minimum Gasteiger partial charge on any atom is -0.348 e. The minimum atomic E-state index is -0.240. The average Bonchev–Trinajstić information content (AvgIpc) is 3.33. The summed E-state index contributed by atoms with van der Waals surface area (Å²) in [5, 5.41) is 2.98. The first kappa shape index (κ1) is 23.6. The van der Waals surface area contributed by atoms with E-state index < -0.39 is 0 Å². The standard InChI is InChI=1S/C28H34N4O2/c1-4-15-31(28(34)29-24-9-6-8-22(5-2)19-24)20-26(33)32-18-17-30-16-7-10-25(30)27(32)23-13-11-21(3)12-14-23/h6-14,16,19,27H,4-5,15,17-18,20H2,1-3H3,(H,29,34). The van der Waals surface area contributed by atoms with E-state index in [2.05, 4.69) is 60.3 Å². The van der Waals surface area contributed by atoms with Gasteiger partial charge in [0, 0.05) is 37.2 Å². The van der Waals surface area contributed by atoms with Gasteiger partial charge >= 0.3 is 6.03 Å². The van der Waals surface area contributed by atoms with Crippen LogP contribution in [0, 0.1) is 6.92 Å². The van der Waals surface area contributed by atoms with Gasteiger partial charge in [-0.2, -0.15) is 0 Å². The van der Waals surface area contributed by atoms with Crippen molar-refractivity contribution in [3.8, 4) is 0 Å². The molecule has 6 nitrogen and oxygen atoms in total. The van der Waals surface area contributed by atoms with Crippen molar-refractivity contribution in [2.45, 2.75) is 46.2 Å². The van der Waals surface area contributed by atoms with E-state index in [0.717, 1.165) is 41.9 Å². The summed E-state index contributed by atoms with van der Waals surface area (Å²) in [5.41, 5.74) is 5.29. The van der Waals surface area contributed by atoms with Crippen LogP contribution in [0.4, 0.5) is 10.5 Å². The summed E-state index contributed by atoms with van der Waals surface area (Å²) in [4.78, 5) is 30.3. The molecule has 2 heterocycles. The molecule has 6 heteroatoms. The van der Waals surface area contributed by atoms with Crippen LogP contribution < -0.4 is 5.32 Å². The van der Waals surface area contributed by atoms with Crippen LogP contribution in [0.3, 0.4) is 0 Å². The molecule has 0 radical (unpaired) electrons. The molecular formula is C28H34N4O2. The number of aromatic nitrogens is 1. The number of aryl methyl sites for hydroxylation is 2. The van der Waals surface area contributed by atoms with Gasteiger partial charge in [-0.3, -0.25) is 4.79 Å². The second-order valence-corrected chi connectivity index (χ2v) is 8.93. The summed E-state index contributed by atoms with van der Waals surface area (Å²) in [6.07, 6.45) is 3.75. The van der Waals surface area contributed by atoms with Crippen LogP contribution in [0.15, 0.2) is 66.9 Å². The van der Waals surface area contributed by atoms with Crippen LogP contribution in [-0.4, -0.2) is 45.9 Å². The number of rotatable bonds is 7. The van der Waals surface area contributed by atoms with Crippen LogP contribution in [0.2, 0.25) is 0 Å². The van der Waals surface area contributed by atoms with Crippen LogP contribution in [-0.2, 0) is 17.8 Å². The van der Waals surface area contributed by atoms with Crippen molar-refractivity contribution < 1.29 is 9.59 Å². The maximum Gasteiger partial charge on any atom is 0.322 e. The fourth-order valence-corrected chi connectivity index (χ4v) is 4.60. The first-order valence-electron chi connectivity index (χ1n) is 12.2. The summed E-state index contributed by atoms with van der Waals surface area (Å²) in [6, 6.07) is 19.9. The number of urea groups is 1. The second-order valence-electron chi connectivity index (χ2n) is 8.93. The Labute approximate surface area is 202 Å². The lowest BCUT2D eigenvalue weighted by Crippen LogP contribution is -2.48. The molecule has 1 aliphatic heterocycles. The maximum absolute atomic E-state index is 13.6. The number of hydrogen-bond acceptors (Lipinski definition) is 2. The zero-order chi connectivity index (χ0) is 24.1. The quantitative estimate of drug-likeness (QED) is 0.527. The van der Waals surface area contributed by atoms with Crippen molar-refractivity contribution in [2.75, 3.05) is 25.0 Å². The van der Waals surface area contributed by atoms with Gasteiger partial charge in [0.15, 0.2) is 0 Å². The Morgan fingerprint density at radius 3 is 2.56 bits per heavy atom. The fourth-order valence-electron chi connectivity index (χ4n) is 4.60. The predicted molar refractivity (Wildman–Crippen MR) is 136 cm³/mol. The van der Waals surface area contributed by atoms with Gasteiger partial charge in [-0.1, -0.05) is 55.8 Å². The summed E-state index contributed by atoms with van der Waals surface area (Å²) in [5.74, 6) is -0.0380. The Bertz CT molecular complexity index is 1140. The van der Waals surface area contributed by atoms with Crippen molar-refractivity contribution in [1.29, 1.82) is 0 Å². The molecule has 0 spiro atoms.